The SMILES string of the molecule is Cc1nnc(S[C@H](C)C(=O)Nc2ccc(C(F)(F)F)cc2)n1N. The Kier molecular flexibility index (Phi) is 4.83. The second-order valence-corrected chi connectivity index (χ2v) is 6.03. The zero-order valence-corrected chi connectivity index (χ0v) is 13.1. The quantitative estimate of drug-likeness (QED) is 0.657. The van der Waals surface area contributed by atoms with Crippen LogP contribution in [0.1, 0.15) is 18.3 Å². The highest BCUT2D eigenvalue weighted by molar-refractivity contribution is 8.00. The van der Waals surface area contributed by atoms with Gasteiger partial charge in [-0.2, -0.15) is 13.2 Å². The van der Waals surface area contributed by atoms with Gasteiger partial charge >= 0.3 is 6.18 Å². The number of anilines is 1. The molecule has 1 amide bonds. The number of carbonyl (C=O) groups excluding carboxylic acids is 1. The monoisotopic (exact) mass is 345 g/mol. The predicted molar refractivity (Wildman–Crippen MR) is 80.3 cm³/mol. The van der Waals surface area contributed by atoms with E-state index in [1.165, 1.54) is 16.8 Å². The van der Waals surface area contributed by atoms with Crippen LogP contribution in [0.4, 0.5) is 18.9 Å². The van der Waals surface area contributed by atoms with Gasteiger partial charge in [0, 0.05) is 5.69 Å². The maximum absolute atomic E-state index is 12.5. The molecule has 0 saturated heterocycles. The molecule has 0 unspecified atom stereocenters. The Morgan fingerprint density at radius 1 is 1.30 bits per heavy atom. The third kappa shape index (κ3) is 4.15. The van der Waals surface area contributed by atoms with Gasteiger partial charge in [-0.05, 0) is 38.1 Å². The van der Waals surface area contributed by atoms with E-state index in [1.807, 2.05) is 0 Å². The molecule has 2 aromatic rings. The van der Waals surface area contributed by atoms with Gasteiger partial charge in [-0.15, -0.1) is 10.2 Å². The largest absolute Gasteiger partial charge is 0.416 e. The van der Waals surface area contributed by atoms with Crippen LogP contribution in [-0.4, -0.2) is 26.0 Å². The number of aromatic nitrogens is 3. The molecule has 0 aliphatic rings. The maximum atomic E-state index is 12.5. The molecule has 0 radical (unpaired) electrons. The molecule has 1 heterocycles. The van der Waals surface area contributed by atoms with E-state index in [2.05, 4.69) is 15.5 Å². The Bertz CT molecular complexity index is 699. The summed E-state index contributed by atoms with van der Waals surface area (Å²) < 4.78 is 38.7. The molecular weight excluding hydrogens is 331 g/mol. The van der Waals surface area contributed by atoms with Gasteiger partial charge < -0.3 is 11.2 Å². The standard InChI is InChI=1S/C13H14F3N5OS/c1-7(23-12-20-19-8(2)21(12)17)11(22)18-10-5-3-9(4-6-10)13(14,15)16/h3-7H,17H2,1-2H3,(H,18,22)/t7-/m1/s1. The van der Waals surface area contributed by atoms with Crippen molar-refractivity contribution in [3.8, 4) is 0 Å². The van der Waals surface area contributed by atoms with Crippen molar-refractivity contribution < 1.29 is 18.0 Å². The molecule has 0 spiro atoms. The van der Waals surface area contributed by atoms with E-state index in [9.17, 15) is 18.0 Å². The first-order valence-electron chi connectivity index (χ1n) is 6.50. The van der Waals surface area contributed by atoms with Gasteiger partial charge in [-0.25, -0.2) is 4.68 Å². The highest BCUT2D eigenvalue weighted by Crippen LogP contribution is 2.30. The number of carbonyl (C=O) groups is 1. The smallest absolute Gasteiger partial charge is 0.336 e. The minimum Gasteiger partial charge on any atom is -0.336 e. The highest BCUT2D eigenvalue weighted by atomic mass is 32.2. The van der Waals surface area contributed by atoms with Gasteiger partial charge in [-0.1, -0.05) is 11.8 Å². The Hall–Kier alpha value is -2.23. The molecule has 23 heavy (non-hydrogen) atoms. The minimum atomic E-state index is -4.41. The van der Waals surface area contributed by atoms with Crippen molar-refractivity contribution in [3.63, 3.8) is 0 Å². The van der Waals surface area contributed by atoms with E-state index in [-0.39, 0.29) is 11.6 Å². The first-order chi connectivity index (χ1) is 10.7. The van der Waals surface area contributed by atoms with Crippen LogP contribution in [0.15, 0.2) is 29.4 Å². The fraction of sp³-hybridized carbons (Fsp3) is 0.308. The number of hydrogen-bond acceptors (Lipinski definition) is 5. The molecule has 0 aliphatic heterocycles. The molecule has 1 atom stereocenters. The number of benzene rings is 1. The van der Waals surface area contributed by atoms with Crippen LogP contribution in [0.25, 0.3) is 0 Å². The normalized spacial score (nSPS) is 12.9. The van der Waals surface area contributed by atoms with Crippen LogP contribution in [0.2, 0.25) is 0 Å². The number of hydrogen-bond donors (Lipinski definition) is 2. The lowest BCUT2D eigenvalue weighted by Gasteiger charge is -2.12. The molecule has 10 heteroatoms. The molecule has 2 rings (SSSR count). The van der Waals surface area contributed by atoms with E-state index in [0.717, 1.165) is 23.9 Å². The van der Waals surface area contributed by atoms with Crippen LogP contribution in [-0.2, 0) is 11.0 Å². The number of nitrogens with zero attached hydrogens (tertiary/aromatic N) is 3. The maximum Gasteiger partial charge on any atom is 0.416 e. The number of aryl methyl sites for hydroxylation is 1. The van der Waals surface area contributed by atoms with E-state index in [1.54, 1.807) is 13.8 Å². The van der Waals surface area contributed by atoms with E-state index in [4.69, 9.17) is 5.84 Å². The van der Waals surface area contributed by atoms with Crippen LogP contribution < -0.4 is 11.2 Å². The third-order valence-corrected chi connectivity index (χ3v) is 4.02. The lowest BCUT2D eigenvalue weighted by molar-refractivity contribution is -0.137. The summed E-state index contributed by atoms with van der Waals surface area (Å²) in [5.74, 6) is 5.82. The summed E-state index contributed by atoms with van der Waals surface area (Å²) in [6.45, 7) is 3.30. The average molecular weight is 345 g/mol. The van der Waals surface area contributed by atoms with Gasteiger partial charge in [-0.3, -0.25) is 4.79 Å². The van der Waals surface area contributed by atoms with Crippen LogP contribution >= 0.6 is 11.8 Å². The molecule has 1 aromatic carbocycles. The fourth-order valence-corrected chi connectivity index (χ4v) is 2.44. The summed E-state index contributed by atoms with van der Waals surface area (Å²) in [5, 5.41) is 9.97. The number of nitrogens with two attached hydrogens (primary N) is 1. The van der Waals surface area contributed by atoms with E-state index < -0.39 is 17.0 Å². The lowest BCUT2D eigenvalue weighted by atomic mass is 10.2. The number of alkyl halides is 3. The second kappa shape index (κ2) is 6.49. The van der Waals surface area contributed by atoms with Crippen molar-refractivity contribution in [3.05, 3.63) is 35.7 Å². The summed E-state index contributed by atoms with van der Waals surface area (Å²) in [4.78, 5) is 12.1. The summed E-state index contributed by atoms with van der Waals surface area (Å²) in [7, 11) is 0. The first kappa shape index (κ1) is 17.1. The van der Waals surface area contributed by atoms with E-state index in [0.29, 0.717) is 11.0 Å². The van der Waals surface area contributed by atoms with Gasteiger partial charge in [0.25, 0.3) is 0 Å². The molecule has 0 saturated carbocycles. The van der Waals surface area contributed by atoms with Crippen molar-refractivity contribution in [2.45, 2.75) is 30.4 Å². The number of nitrogen functional groups attached to an aromatic ring is 1. The number of amides is 1. The zero-order chi connectivity index (χ0) is 17.2. The molecule has 124 valence electrons. The third-order valence-electron chi connectivity index (χ3n) is 2.97. The van der Waals surface area contributed by atoms with Crippen LogP contribution in [0, 0.1) is 6.92 Å². The lowest BCUT2D eigenvalue weighted by Crippen LogP contribution is -2.23. The predicted octanol–water partition coefficient (Wildman–Crippen LogP) is 2.44. The topological polar surface area (TPSA) is 85.8 Å². The van der Waals surface area contributed by atoms with Crippen molar-refractivity contribution in [2.24, 2.45) is 0 Å². The zero-order valence-electron chi connectivity index (χ0n) is 12.3. The average Bonchev–Trinajstić information content (AvgIpc) is 2.79. The number of rotatable bonds is 4. The Balaban J connectivity index is 1.99. The van der Waals surface area contributed by atoms with Gasteiger partial charge in [0.2, 0.25) is 11.1 Å². The summed E-state index contributed by atoms with van der Waals surface area (Å²) >= 11 is 1.10. The number of thioether (sulfide) groups is 1. The van der Waals surface area contributed by atoms with Crippen molar-refractivity contribution >= 4 is 23.4 Å². The summed E-state index contributed by atoms with van der Waals surface area (Å²) in [6, 6.07) is 4.22. The van der Waals surface area contributed by atoms with Crippen molar-refractivity contribution in [1.29, 1.82) is 0 Å². The van der Waals surface area contributed by atoms with Gasteiger partial charge in [0.15, 0.2) is 0 Å². The summed E-state index contributed by atoms with van der Waals surface area (Å²) in [5.41, 5.74) is -0.495. The molecule has 0 aliphatic carbocycles. The number of halogens is 3. The minimum absolute atomic E-state index is 0.279. The fourth-order valence-electron chi connectivity index (χ4n) is 1.63. The highest BCUT2D eigenvalue weighted by Gasteiger charge is 2.30. The van der Waals surface area contributed by atoms with Crippen LogP contribution in [0.5, 0.6) is 0 Å². The second-order valence-electron chi connectivity index (χ2n) is 4.72. The Morgan fingerprint density at radius 2 is 1.91 bits per heavy atom. The number of nitrogens with one attached hydrogen (secondary N) is 1. The Labute approximate surface area is 134 Å². The van der Waals surface area contributed by atoms with Gasteiger partial charge in [0.1, 0.15) is 5.82 Å². The molecule has 6 nitrogen and oxygen atoms in total. The van der Waals surface area contributed by atoms with Crippen molar-refractivity contribution in [1.82, 2.24) is 14.9 Å². The molecular formula is C13H14F3N5OS. The molecule has 0 fully saturated rings. The van der Waals surface area contributed by atoms with Crippen molar-refractivity contribution in [2.75, 3.05) is 11.2 Å². The molecule has 0 bridgehead atoms. The van der Waals surface area contributed by atoms with E-state index >= 15 is 0 Å². The molecule has 1 aromatic heterocycles. The van der Waals surface area contributed by atoms with Gasteiger partial charge in [0.05, 0.1) is 10.8 Å². The Morgan fingerprint density at radius 3 is 2.39 bits per heavy atom. The first-order valence-corrected chi connectivity index (χ1v) is 7.38. The summed E-state index contributed by atoms with van der Waals surface area (Å²) in [6.07, 6.45) is -4.41. The molecule has 3 N–H and O–H groups in total. The van der Waals surface area contributed by atoms with Crippen LogP contribution in [0.3, 0.4) is 0 Å².